The molecule has 2 amide bonds. The quantitative estimate of drug-likeness (QED) is 0.635. The third-order valence-electron chi connectivity index (χ3n) is 4.24. The van der Waals surface area contributed by atoms with Crippen LogP contribution >= 0.6 is 11.6 Å². The molecule has 0 saturated heterocycles. The average molecular weight is 389 g/mol. The molecule has 2 aromatic carbocycles. The Labute approximate surface area is 163 Å². The molecule has 7 heteroatoms. The van der Waals surface area contributed by atoms with Crippen LogP contribution in [0.3, 0.4) is 0 Å². The van der Waals surface area contributed by atoms with E-state index in [2.05, 4.69) is 10.6 Å². The maximum absolute atomic E-state index is 12.4. The summed E-state index contributed by atoms with van der Waals surface area (Å²) >= 11 is 5.82. The fourth-order valence-electron chi connectivity index (χ4n) is 2.43. The van der Waals surface area contributed by atoms with Crippen molar-refractivity contribution in [1.29, 1.82) is 0 Å². The predicted molar refractivity (Wildman–Crippen MR) is 106 cm³/mol. The summed E-state index contributed by atoms with van der Waals surface area (Å²) in [4.78, 5) is 36.8. The topological polar surface area (TPSA) is 79.7 Å². The second-order valence-electron chi connectivity index (χ2n) is 6.43. The summed E-state index contributed by atoms with van der Waals surface area (Å²) in [5.74, 6) is -0.499. The first-order chi connectivity index (χ1) is 12.8. The Kier molecular flexibility index (Phi) is 7.10. The molecule has 0 bridgehead atoms. The normalized spacial score (nSPS) is 12.7. The number of ketones is 1. The van der Waals surface area contributed by atoms with E-state index >= 15 is 0 Å². The van der Waals surface area contributed by atoms with Crippen molar-refractivity contribution in [3.05, 3.63) is 59.1 Å². The van der Waals surface area contributed by atoms with E-state index in [4.69, 9.17) is 11.6 Å². The number of hydrogen-bond acceptors (Lipinski definition) is 3. The number of Topliss-reactive ketones (excluding diaryl/α,β-unsaturated/α-hetero) is 1. The van der Waals surface area contributed by atoms with E-state index in [-0.39, 0.29) is 24.1 Å². The Balaban J connectivity index is 1.91. The molecule has 2 rings (SSSR count). The van der Waals surface area contributed by atoms with Crippen LogP contribution in [0.1, 0.15) is 24.2 Å². The smallest absolute Gasteiger partial charge is 0.282 e. The molecule has 27 heavy (non-hydrogen) atoms. The van der Waals surface area contributed by atoms with Gasteiger partial charge in [-0.3, -0.25) is 14.4 Å². The Morgan fingerprint density at radius 2 is 1.70 bits per heavy atom. The van der Waals surface area contributed by atoms with Gasteiger partial charge in [0.2, 0.25) is 0 Å². The molecule has 0 aliphatic heterocycles. The molecule has 0 heterocycles. The minimum absolute atomic E-state index is 0.0687. The fraction of sp³-hybridized carbons (Fsp3) is 0.250. The van der Waals surface area contributed by atoms with Gasteiger partial charge in [-0.15, -0.1) is 0 Å². The van der Waals surface area contributed by atoms with Crippen LogP contribution in [0.4, 0.5) is 11.4 Å². The Morgan fingerprint density at radius 1 is 1.04 bits per heavy atom. The van der Waals surface area contributed by atoms with Gasteiger partial charge in [0, 0.05) is 22.0 Å². The third kappa shape index (κ3) is 6.20. The molecule has 0 aliphatic carbocycles. The lowest BCUT2D eigenvalue weighted by atomic mass is 10.1. The van der Waals surface area contributed by atoms with Gasteiger partial charge in [-0.05, 0) is 50.2 Å². The number of likely N-dealkylation sites (N-methyl/N-ethyl adjacent to an activating group) is 1. The number of benzene rings is 2. The molecule has 1 unspecified atom stereocenters. The number of carbonyl (C=O) groups excluding carboxylic acids is 3. The van der Waals surface area contributed by atoms with E-state index in [1.54, 1.807) is 62.5 Å². The number of carbonyl (C=O) groups is 3. The lowest BCUT2D eigenvalue weighted by Crippen LogP contribution is -3.14. The zero-order valence-corrected chi connectivity index (χ0v) is 16.3. The molecule has 0 aliphatic rings. The van der Waals surface area contributed by atoms with Gasteiger partial charge in [-0.2, -0.15) is 0 Å². The zero-order valence-electron chi connectivity index (χ0n) is 15.5. The van der Waals surface area contributed by atoms with Gasteiger partial charge in [0.05, 0.1) is 7.05 Å². The molecule has 6 nitrogen and oxygen atoms in total. The summed E-state index contributed by atoms with van der Waals surface area (Å²) in [6.45, 7) is 3.35. The van der Waals surface area contributed by atoms with E-state index in [1.807, 2.05) is 0 Å². The molecule has 2 aromatic rings. The largest absolute Gasteiger partial charge is 0.321 e. The van der Waals surface area contributed by atoms with Crippen LogP contribution in [0, 0.1) is 0 Å². The van der Waals surface area contributed by atoms with Gasteiger partial charge in [-0.25, -0.2) is 0 Å². The molecule has 0 fully saturated rings. The Hall–Kier alpha value is -2.70. The molecular formula is C20H23ClN3O3+. The molecule has 0 saturated carbocycles. The SMILES string of the molecule is CC(=O)c1cccc(NC(=O)[C@H](C)[NH+](C)CC(=O)Nc2ccc(Cl)cc2)c1. The van der Waals surface area contributed by atoms with E-state index in [0.717, 1.165) is 4.90 Å². The van der Waals surface area contributed by atoms with Crippen LogP contribution in [0.15, 0.2) is 48.5 Å². The highest BCUT2D eigenvalue weighted by molar-refractivity contribution is 6.30. The summed E-state index contributed by atoms with van der Waals surface area (Å²) < 4.78 is 0. The number of anilines is 2. The summed E-state index contributed by atoms with van der Waals surface area (Å²) in [5.41, 5.74) is 1.73. The van der Waals surface area contributed by atoms with Gasteiger partial charge in [0.25, 0.3) is 11.8 Å². The van der Waals surface area contributed by atoms with Crippen LogP contribution in [0.25, 0.3) is 0 Å². The highest BCUT2D eigenvalue weighted by Crippen LogP contribution is 2.13. The number of quaternary nitrogens is 1. The van der Waals surface area contributed by atoms with Gasteiger partial charge < -0.3 is 15.5 Å². The van der Waals surface area contributed by atoms with Crippen molar-refractivity contribution >= 4 is 40.6 Å². The molecule has 0 radical (unpaired) electrons. The number of hydrogen-bond donors (Lipinski definition) is 3. The number of amides is 2. The first-order valence-corrected chi connectivity index (χ1v) is 8.93. The highest BCUT2D eigenvalue weighted by Gasteiger charge is 2.24. The highest BCUT2D eigenvalue weighted by atomic mass is 35.5. The fourth-order valence-corrected chi connectivity index (χ4v) is 2.56. The lowest BCUT2D eigenvalue weighted by Gasteiger charge is -2.20. The van der Waals surface area contributed by atoms with Crippen molar-refractivity contribution < 1.29 is 19.3 Å². The first kappa shape index (κ1) is 20.6. The molecule has 142 valence electrons. The number of halogens is 1. The monoisotopic (exact) mass is 388 g/mol. The van der Waals surface area contributed by atoms with Gasteiger partial charge in [0.15, 0.2) is 18.4 Å². The van der Waals surface area contributed by atoms with E-state index < -0.39 is 6.04 Å². The summed E-state index contributed by atoms with van der Waals surface area (Å²) in [6, 6.07) is 13.1. The van der Waals surface area contributed by atoms with Crippen LogP contribution in [0.2, 0.25) is 5.02 Å². The molecular weight excluding hydrogens is 366 g/mol. The van der Waals surface area contributed by atoms with Crippen molar-refractivity contribution in [2.24, 2.45) is 0 Å². The van der Waals surface area contributed by atoms with Gasteiger partial charge >= 0.3 is 0 Å². The minimum atomic E-state index is -0.457. The standard InChI is InChI=1S/C20H22ClN3O3/c1-13(20(27)23-18-6-4-5-15(11-18)14(2)25)24(3)12-19(26)22-17-9-7-16(21)8-10-17/h4-11,13H,12H2,1-3H3,(H,22,26)(H,23,27)/p+1/t13-/m0/s1. The maximum atomic E-state index is 12.4. The first-order valence-electron chi connectivity index (χ1n) is 8.56. The van der Waals surface area contributed by atoms with Crippen LogP contribution in [0.5, 0.6) is 0 Å². The van der Waals surface area contributed by atoms with Crippen molar-refractivity contribution in [3.63, 3.8) is 0 Å². The van der Waals surface area contributed by atoms with E-state index in [1.165, 1.54) is 6.92 Å². The van der Waals surface area contributed by atoms with Crippen molar-refractivity contribution in [3.8, 4) is 0 Å². The summed E-state index contributed by atoms with van der Waals surface area (Å²) in [6.07, 6.45) is 0. The maximum Gasteiger partial charge on any atom is 0.282 e. The van der Waals surface area contributed by atoms with Crippen molar-refractivity contribution in [2.45, 2.75) is 19.9 Å². The van der Waals surface area contributed by atoms with Crippen molar-refractivity contribution in [2.75, 3.05) is 24.2 Å². The number of nitrogens with one attached hydrogen (secondary N) is 3. The second kappa shape index (κ2) is 9.30. The van der Waals surface area contributed by atoms with Gasteiger partial charge in [0.1, 0.15) is 0 Å². The summed E-state index contributed by atoms with van der Waals surface area (Å²) in [5, 5.41) is 6.16. The van der Waals surface area contributed by atoms with Crippen LogP contribution in [-0.4, -0.2) is 37.2 Å². The third-order valence-corrected chi connectivity index (χ3v) is 4.49. The Bertz CT molecular complexity index is 837. The summed E-state index contributed by atoms with van der Waals surface area (Å²) in [7, 11) is 1.78. The average Bonchev–Trinajstić information content (AvgIpc) is 2.63. The minimum Gasteiger partial charge on any atom is -0.321 e. The molecule has 3 N–H and O–H groups in total. The van der Waals surface area contributed by atoms with E-state index in [0.29, 0.717) is 22.0 Å². The number of rotatable bonds is 7. The second-order valence-corrected chi connectivity index (χ2v) is 6.86. The predicted octanol–water partition coefficient (Wildman–Crippen LogP) is 2.02. The van der Waals surface area contributed by atoms with Crippen LogP contribution < -0.4 is 15.5 Å². The Morgan fingerprint density at radius 3 is 2.33 bits per heavy atom. The van der Waals surface area contributed by atoms with Crippen molar-refractivity contribution in [1.82, 2.24) is 0 Å². The molecule has 2 atom stereocenters. The van der Waals surface area contributed by atoms with E-state index in [9.17, 15) is 14.4 Å². The zero-order chi connectivity index (χ0) is 20.0. The molecule has 0 aromatic heterocycles. The van der Waals surface area contributed by atoms with Gasteiger partial charge in [-0.1, -0.05) is 23.7 Å². The lowest BCUT2D eigenvalue weighted by molar-refractivity contribution is -0.885. The molecule has 0 spiro atoms. The van der Waals surface area contributed by atoms with Crippen LogP contribution in [-0.2, 0) is 9.59 Å².